The van der Waals surface area contributed by atoms with Crippen molar-refractivity contribution in [2.45, 2.75) is 20.3 Å². The lowest BCUT2D eigenvalue weighted by Gasteiger charge is -2.06. The molecule has 3 heteroatoms. The molecule has 0 spiro atoms. The van der Waals surface area contributed by atoms with Crippen LogP contribution in [0.15, 0.2) is 48.5 Å². The van der Waals surface area contributed by atoms with E-state index in [2.05, 4.69) is 6.92 Å². The molecule has 0 amide bonds. The van der Waals surface area contributed by atoms with Gasteiger partial charge in [-0.15, -0.1) is 0 Å². The van der Waals surface area contributed by atoms with Gasteiger partial charge in [0, 0.05) is 0 Å². The molecule has 0 bridgehead atoms. The monoisotopic (exact) mass is 268 g/mol. The highest BCUT2D eigenvalue weighted by Crippen LogP contribution is 2.13. The minimum Gasteiger partial charge on any atom is -0.386 e. The molecule has 0 fully saturated rings. The van der Waals surface area contributed by atoms with E-state index in [4.69, 9.17) is 4.74 Å². The second-order valence-electron chi connectivity index (χ2n) is 4.54. The van der Waals surface area contributed by atoms with Crippen LogP contribution in [0.3, 0.4) is 0 Å². The number of carbonyl (C=O) groups is 2. The maximum atomic E-state index is 11.9. The van der Waals surface area contributed by atoms with Gasteiger partial charge in [-0.25, -0.2) is 9.59 Å². The third kappa shape index (κ3) is 3.12. The van der Waals surface area contributed by atoms with Crippen molar-refractivity contribution in [3.63, 3.8) is 0 Å². The molecule has 2 rings (SSSR count). The first kappa shape index (κ1) is 14.0. The smallest absolute Gasteiger partial charge is 0.346 e. The van der Waals surface area contributed by atoms with Crippen molar-refractivity contribution in [3.05, 3.63) is 70.8 Å². The van der Waals surface area contributed by atoms with E-state index >= 15 is 0 Å². The Kier molecular flexibility index (Phi) is 4.31. The van der Waals surface area contributed by atoms with E-state index in [1.165, 1.54) is 5.56 Å². The second-order valence-corrected chi connectivity index (χ2v) is 4.54. The minimum atomic E-state index is -0.632. The van der Waals surface area contributed by atoms with E-state index in [-0.39, 0.29) is 0 Å². The lowest BCUT2D eigenvalue weighted by Crippen LogP contribution is -2.13. The number of aryl methyl sites for hydroxylation is 2. The normalized spacial score (nSPS) is 10.1. The SMILES string of the molecule is CCc1ccc(C(=O)OC(=O)c2ccccc2)cc1C. The maximum Gasteiger partial charge on any atom is 0.346 e. The predicted octanol–water partition coefficient (Wildman–Crippen LogP) is 3.55. The molecule has 0 N–H and O–H groups in total. The molecule has 2 aromatic rings. The summed E-state index contributed by atoms with van der Waals surface area (Å²) in [5.41, 5.74) is 2.96. The van der Waals surface area contributed by atoms with Crippen molar-refractivity contribution in [1.82, 2.24) is 0 Å². The molecule has 0 atom stereocenters. The molecule has 102 valence electrons. The fourth-order valence-electron chi connectivity index (χ4n) is 2.00. The van der Waals surface area contributed by atoms with Crippen LogP contribution >= 0.6 is 0 Å². The fraction of sp³-hybridized carbons (Fsp3) is 0.176. The number of rotatable bonds is 3. The van der Waals surface area contributed by atoms with E-state index in [9.17, 15) is 9.59 Å². The third-order valence-electron chi connectivity index (χ3n) is 3.15. The van der Waals surface area contributed by atoms with Gasteiger partial charge in [0.25, 0.3) is 0 Å². The number of benzene rings is 2. The van der Waals surface area contributed by atoms with Crippen LogP contribution in [0, 0.1) is 6.92 Å². The quantitative estimate of drug-likeness (QED) is 0.631. The van der Waals surface area contributed by atoms with E-state index in [0.717, 1.165) is 12.0 Å². The molecule has 0 aliphatic carbocycles. The van der Waals surface area contributed by atoms with Gasteiger partial charge in [0.05, 0.1) is 11.1 Å². The average Bonchev–Trinajstić information content (AvgIpc) is 2.48. The van der Waals surface area contributed by atoms with E-state index < -0.39 is 11.9 Å². The topological polar surface area (TPSA) is 43.4 Å². The highest BCUT2D eigenvalue weighted by atomic mass is 16.6. The number of esters is 2. The first-order chi connectivity index (χ1) is 9.61. The Labute approximate surface area is 118 Å². The van der Waals surface area contributed by atoms with Crippen LogP contribution < -0.4 is 0 Å². The van der Waals surface area contributed by atoms with Crippen molar-refractivity contribution >= 4 is 11.9 Å². The van der Waals surface area contributed by atoms with Gasteiger partial charge in [-0.1, -0.05) is 31.2 Å². The molecule has 0 unspecified atom stereocenters. The summed E-state index contributed by atoms with van der Waals surface area (Å²) in [5, 5.41) is 0. The number of carbonyl (C=O) groups excluding carboxylic acids is 2. The zero-order valence-electron chi connectivity index (χ0n) is 11.6. The molecule has 0 saturated carbocycles. The van der Waals surface area contributed by atoms with Gasteiger partial charge < -0.3 is 4.74 Å². The molecular weight excluding hydrogens is 252 g/mol. The Morgan fingerprint density at radius 1 is 0.950 bits per heavy atom. The summed E-state index contributed by atoms with van der Waals surface area (Å²) < 4.78 is 4.87. The molecule has 0 radical (unpaired) electrons. The van der Waals surface area contributed by atoms with Crippen LogP contribution in [0.4, 0.5) is 0 Å². The van der Waals surface area contributed by atoms with Crippen molar-refractivity contribution in [3.8, 4) is 0 Å². The second kappa shape index (κ2) is 6.15. The van der Waals surface area contributed by atoms with Crippen molar-refractivity contribution in [2.24, 2.45) is 0 Å². The first-order valence-corrected chi connectivity index (χ1v) is 6.53. The van der Waals surface area contributed by atoms with Crippen molar-refractivity contribution in [1.29, 1.82) is 0 Å². The van der Waals surface area contributed by atoms with Crippen LogP contribution in [0.5, 0.6) is 0 Å². The molecule has 0 saturated heterocycles. The molecule has 2 aromatic carbocycles. The number of ether oxygens (including phenoxy) is 1. The van der Waals surface area contributed by atoms with Crippen LogP contribution in [0.2, 0.25) is 0 Å². The maximum absolute atomic E-state index is 11.9. The summed E-state index contributed by atoms with van der Waals surface area (Å²) >= 11 is 0. The summed E-state index contributed by atoms with van der Waals surface area (Å²) in [6, 6.07) is 13.8. The van der Waals surface area contributed by atoms with Gasteiger partial charge in [-0.05, 0) is 48.7 Å². The van der Waals surface area contributed by atoms with Crippen LogP contribution in [-0.4, -0.2) is 11.9 Å². The molecule has 20 heavy (non-hydrogen) atoms. The van der Waals surface area contributed by atoms with Crippen LogP contribution in [0.1, 0.15) is 38.8 Å². The highest BCUT2D eigenvalue weighted by molar-refractivity contribution is 6.02. The van der Waals surface area contributed by atoms with Gasteiger partial charge in [-0.3, -0.25) is 0 Å². The summed E-state index contributed by atoms with van der Waals surface area (Å²) in [6.45, 7) is 3.99. The summed E-state index contributed by atoms with van der Waals surface area (Å²) in [6.07, 6.45) is 0.907. The Morgan fingerprint density at radius 2 is 1.60 bits per heavy atom. The third-order valence-corrected chi connectivity index (χ3v) is 3.15. The van der Waals surface area contributed by atoms with E-state index in [1.54, 1.807) is 42.5 Å². The van der Waals surface area contributed by atoms with Gasteiger partial charge >= 0.3 is 11.9 Å². The minimum absolute atomic E-state index is 0.364. The molecule has 0 aliphatic rings. The summed E-state index contributed by atoms with van der Waals surface area (Å²) in [7, 11) is 0. The van der Waals surface area contributed by atoms with Gasteiger partial charge in [-0.2, -0.15) is 0 Å². The Bertz CT molecular complexity index is 630. The van der Waals surface area contributed by atoms with Crippen LogP contribution in [0.25, 0.3) is 0 Å². The average molecular weight is 268 g/mol. The summed E-state index contributed by atoms with van der Waals surface area (Å²) in [5.74, 6) is -1.25. The Hall–Kier alpha value is -2.42. The van der Waals surface area contributed by atoms with E-state index in [1.807, 2.05) is 13.0 Å². The lowest BCUT2D eigenvalue weighted by atomic mass is 10.0. The Morgan fingerprint density at radius 3 is 2.20 bits per heavy atom. The highest BCUT2D eigenvalue weighted by Gasteiger charge is 2.15. The molecule has 0 aliphatic heterocycles. The number of hydrogen-bond acceptors (Lipinski definition) is 3. The van der Waals surface area contributed by atoms with Crippen molar-refractivity contribution < 1.29 is 14.3 Å². The zero-order valence-corrected chi connectivity index (χ0v) is 11.6. The predicted molar refractivity (Wildman–Crippen MR) is 76.7 cm³/mol. The van der Waals surface area contributed by atoms with Gasteiger partial charge in [0.15, 0.2) is 0 Å². The van der Waals surface area contributed by atoms with E-state index in [0.29, 0.717) is 11.1 Å². The Balaban J connectivity index is 2.13. The molecular formula is C17H16O3. The number of hydrogen-bond donors (Lipinski definition) is 0. The van der Waals surface area contributed by atoms with Gasteiger partial charge in [0.2, 0.25) is 0 Å². The van der Waals surface area contributed by atoms with Crippen LogP contribution in [-0.2, 0) is 11.2 Å². The fourth-order valence-corrected chi connectivity index (χ4v) is 2.00. The largest absolute Gasteiger partial charge is 0.386 e. The molecule has 3 nitrogen and oxygen atoms in total. The zero-order chi connectivity index (χ0) is 14.5. The molecule has 0 heterocycles. The van der Waals surface area contributed by atoms with Crippen molar-refractivity contribution in [2.75, 3.05) is 0 Å². The first-order valence-electron chi connectivity index (χ1n) is 6.53. The standard InChI is InChI=1S/C17H16O3/c1-3-13-9-10-15(11-12(13)2)17(19)20-16(18)14-7-5-4-6-8-14/h4-11H,3H2,1-2H3. The summed E-state index contributed by atoms with van der Waals surface area (Å²) in [4.78, 5) is 23.7. The molecule has 0 aromatic heterocycles. The van der Waals surface area contributed by atoms with Gasteiger partial charge in [0.1, 0.15) is 0 Å². The lowest BCUT2D eigenvalue weighted by molar-refractivity contribution is 0.0397.